The van der Waals surface area contributed by atoms with Crippen LogP contribution in [-0.2, 0) is 16.6 Å². The first kappa shape index (κ1) is 26.3. The zero-order chi connectivity index (χ0) is 25.7. The minimum absolute atomic E-state index is 0.00537. The van der Waals surface area contributed by atoms with Gasteiger partial charge >= 0.3 is 0 Å². The van der Waals surface area contributed by atoms with Crippen molar-refractivity contribution in [2.75, 3.05) is 4.72 Å². The smallest absolute Gasteiger partial charge is 0.261 e. The Bertz CT molecular complexity index is 1500. The Kier molecular flexibility index (Phi) is 8.40. The molecule has 10 heteroatoms. The van der Waals surface area contributed by atoms with Crippen molar-refractivity contribution in [3.8, 4) is 11.5 Å². The van der Waals surface area contributed by atoms with Crippen LogP contribution in [0.4, 0.5) is 5.69 Å². The monoisotopic (exact) mass is 652 g/mol. The number of carbonyl (C=O) groups excluding carboxylic acids is 1. The molecule has 0 saturated heterocycles. The third-order valence-electron chi connectivity index (χ3n) is 5.04. The highest BCUT2D eigenvalue weighted by Crippen LogP contribution is 2.30. The van der Waals surface area contributed by atoms with E-state index < -0.39 is 15.9 Å². The van der Waals surface area contributed by atoms with Gasteiger partial charge in [-0.1, -0.05) is 47.5 Å². The molecule has 0 bridgehead atoms. The number of benzene rings is 4. The highest BCUT2D eigenvalue weighted by molar-refractivity contribution is 14.1. The third-order valence-corrected chi connectivity index (χ3v) is 7.68. The Morgan fingerprint density at radius 1 is 0.889 bits per heavy atom. The van der Waals surface area contributed by atoms with E-state index in [-0.39, 0.29) is 22.7 Å². The van der Waals surface area contributed by atoms with Crippen LogP contribution in [0.1, 0.15) is 15.9 Å². The van der Waals surface area contributed by atoms with Gasteiger partial charge in [-0.3, -0.25) is 9.52 Å². The van der Waals surface area contributed by atoms with Crippen LogP contribution in [0.2, 0.25) is 10.0 Å². The average Bonchev–Trinajstić information content (AvgIpc) is 2.86. The molecule has 4 aromatic carbocycles. The molecular weight excluding hydrogens is 634 g/mol. The summed E-state index contributed by atoms with van der Waals surface area (Å²) in [6, 6.07) is 24.9. The summed E-state index contributed by atoms with van der Waals surface area (Å²) < 4.78 is 35.4. The Hall–Kier alpha value is -2.79. The number of nitrogens with one attached hydrogen (secondary N) is 2. The van der Waals surface area contributed by atoms with Crippen molar-refractivity contribution < 1.29 is 17.9 Å². The van der Waals surface area contributed by atoms with Crippen molar-refractivity contribution in [1.82, 2.24) is 5.32 Å². The number of hydrogen-bond donors (Lipinski definition) is 2. The van der Waals surface area contributed by atoms with Crippen LogP contribution in [0.25, 0.3) is 0 Å². The van der Waals surface area contributed by atoms with E-state index in [1.807, 2.05) is 24.3 Å². The zero-order valence-electron chi connectivity index (χ0n) is 18.5. The Labute approximate surface area is 232 Å². The van der Waals surface area contributed by atoms with Crippen LogP contribution < -0.4 is 14.8 Å². The minimum atomic E-state index is -4.01. The SMILES string of the molecule is O=C(NCc1ccc(I)cc1)c1cc(Cl)ccc1NS(=O)(=O)c1ccc(Oc2ccccc2Cl)cc1. The van der Waals surface area contributed by atoms with Gasteiger partial charge in [0.05, 0.1) is 21.2 Å². The molecule has 0 aliphatic carbocycles. The molecule has 0 aliphatic heterocycles. The van der Waals surface area contributed by atoms with Crippen molar-refractivity contribution in [3.63, 3.8) is 0 Å². The number of amides is 1. The molecule has 36 heavy (non-hydrogen) atoms. The summed E-state index contributed by atoms with van der Waals surface area (Å²) in [5.74, 6) is 0.413. The molecule has 0 aliphatic rings. The summed E-state index contributed by atoms with van der Waals surface area (Å²) in [4.78, 5) is 12.9. The lowest BCUT2D eigenvalue weighted by atomic mass is 10.1. The Morgan fingerprint density at radius 3 is 2.28 bits per heavy atom. The lowest BCUT2D eigenvalue weighted by molar-refractivity contribution is 0.0952. The van der Waals surface area contributed by atoms with Gasteiger partial charge in [0.2, 0.25) is 0 Å². The molecule has 2 N–H and O–H groups in total. The van der Waals surface area contributed by atoms with Crippen LogP contribution in [-0.4, -0.2) is 14.3 Å². The highest BCUT2D eigenvalue weighted by atomic mass is 127. The van der Waals surface area contributed by atoms with Crippen molar-refractivity contribution >= 4 is 67.4 Å². The maximum atomic E-state index is 13.1. The standard InChI is InChI=1S/C26H19Cl2IN2O4S/c27-18-7-14-24(22(15-18)26(32)30-16-17-5-8-19(29)9-6-17)31-36(33,34)21-12-10-20(11-13-21)35-25-4-2-1-3-23(25)28/h1-15,31H,16H2,(H,30,32). The number of rotatable bonds is 8. The summed E-state index contributed by atoms with van der Waals surface area (Å²) in [6.07, 6.45) is 0. The number of anilines is 1. The van der Waals surface area contributed by atoms with E-state index in [9.17, 15) is 13.2 Å². The van der Waals surface area contributed by atoms with E-state index in [1.165, 1.54) is 42.5 Å². The van der Waals surface area contributed by atoms with E-state index in [0.29, 0.717) is 21.5 Å². The molecule has 0 unspecified atom stereocenters. The molecule has 4 rings (SSSR count). The second-order valence-electron chi connectivity index (χ2n) is 7.61. The van der Waals surface area contributed by atoms with Crippen LogP contribution in [0.15, 0.2) is 95.9 Å². The van der Waals surface area contributed by atoms with Gasteiger partial charge in [-0.15, -0.1) is 0 Å². The number of carbonyl (C=O) groups is 1. The lowest BCUT2D eigenvalue weighted by Crippen LogP contribution is -2.25. The second-order valence-corrected chi connectivity index (χ2v) is 11.4. The molecule has 0 fully saturated rings. The van der Waals surface area contributed by atoms with E-state index in [4.69, 9.17) is 27.9 Å². The van der Waals surface area contributed by atoms with Gasteiger partial charge in [0.25, 0.3) is 15.9 Å². The van der Waals surface area contributed by atoms with Gasteiger partial charge in [-0.25, -0.2) is 8.42 Å². The highest BCUT2D eigenvalue weighted by Gasteiger charge is 2.20. The Morgan fingerprint density at radius 2 is 1.58 bits per heavy atom. The minimum Gasteiger partial charge on any atom is -0.456 e. The number of para-hydroxylation sites is 1. The molecule has 0 spiro atoms. The summed E-state index contributed by atoms with van der Waals surface area (Å²) in [7, 11) is -4.01. The number of ether oxygens (including phenoxy) is 1. The number of hydrogen-bond acceptors (Lipinski definition) is 4. The van der Waals surface area contributed by atoms with Gasteiger partial charge in [-0.05, 0) is 94.9 Å². The number of halogens is 3. The fourth-order valence-corrected chi connectivity index (χ4v) is 5.00. The van der Waals surface area contributed by atoms with Crippen LogP contribution in [0.5, 0.6) is 11.5 Å². The quantitative estimate of drug-likeness (QED) is 0.199. The topological polar surface area (TPSA) is 84.5 Å². The first-order valence-corrected chi connectivity index (χ1v) is 13.9. The second kappa shape index (κ2) is 11.5. The molecule has 1 amide bonds. The first-order chi connectivity index (χ1) is 17.2. The molecular formula is C26H19Cl2IN2O4S. The van der Waals surface area contributed by atoms with Crippen molar-refractivity contribution in [1.29, 1.82) is 0 Å². The van der Waals surface area contributed by atoms with E-state index >= 15 is 0 Å². The molecule has 4 aromatic rings. The molecule has 6 nitrogen and oxygen atoms in total. The average molecular weight is 653 g/mol. The van der Waals surface area contributed by atoms with Crippen molar-refractivity contribution in [2.24, 2.45) is 0 Å². The van der Waals surface area contributed by atoms with E-state index in [0.717, 1.165) is 9.13 Å². The molecule has 0 atom stereocenters. The van der Waals surface area contributed by atoms with Gasteiger partial charge in [0, 0.05) is 15.1 Å². The van der Waals surface area contributed by atoms with Gasteiger partial charge < -0.3 is 10.1 Å². The number of sulfonamides is 1. The van der Waals surface area contributed by atoms with Crippen LogP contribution in [0, 0.1) is 3.57 Å². The van der Waals surface area contributed by atoms with E-state index in [1.54, 1.807) is 24.3 Å². The fourth-order valence-electron chi connectivity index (χ4n) is 3.22. The predicted octanol–water partition coefficient (Wildman–Crippen LogP) is 7.12. The van der Waals surface area contributed by atoms with Gasteiger partial charge in [0.1, 0.15) is 11.5 Å². The third kappa shape index (κ3) is 6.70. The molecule has 184 valence electrons. The molecule has 0 radical (unpaired) electrons. The van der Waals surface area contributed by atoms with Gasteiger partial charge in [-0.2, -0.15) is 0 Å². The van der Waals surface area contributed by atoms with Crippen molar-refractivity contribution in [2.45, 2.75) is 11.4 Å². The van der Waals surface area contributed by atoms with Gasteiger partial charge in [0.15, 0.2) is 0 Å². The predicted molar refractivity (Wildman–Crippen MR) is 151 cm³/mol. The first-order valence-electron chi connectivity index (χ1n) is 10.6. The molecule has 0 heterocycles. The lowest BCUT2D eigenvalue weighted by Gasteiger charge is -2.14. The summed E-state index contributed by atoms with van der Waals surface area (Å²) in [5.41, 5.74) is 1.12. The summed E-state index contributed by atoms with van der Waals surface area (Å²) >= 11 is 14.4. The normalized spacial score (nSPS) is 11.1. The molecule has 0 saturated carbocycles. The van der Waals surface area contributed by atoms with Crippen LogP contribution in [0.3, 0.4) is 0 Å². The summed E-state index contributed by atoms with van der Waals surface area (Å²) in [5, 5.41) is 3.54. The fraction of sp³-hybridized carbons (Fsp3) is 0.0385. The Balaban J connectivity index is 1.50. The van der Waals surface area contributed by atoms with Crippen LogP contribution >= 0.6 is 45.8 Å². The maximum absolute atomic E-state index is 13.1. The maximum Gasteiger partial charge on any atom is 0.261 e. The summed E-state index contributed by atoms with van der Waals surface area (Å²) in [6.45, 7) is 0.279. The molecule has 0 aromatic heterocycles. The van der Waals surface area contributed by atoms with E-state index in [2.05, 4.69) is 32.6 Å². The zero-order valence-corrected chi connectivity index (χ0v) is 23.0. The largest absolute Gasteiger partial charge is 0.456 e. The van der Waals surface area contributed by atoms with Crippen molar-refractivity contribution in [3.05, 3.63) is 116 Å².